The highest BCUT2D eigenvalue weighted by Gasteiger charge is 2.52. The summed E-state index contributed by atoms with van der Waals surface area (Å²) < 4.78 is 42.0. The highest BCUT2D eigenvalue weighted by atomic mass is 35.5. The Balaban J connectivity index is 1.41. The molecule has 3 N–H and O–H groups in total. The second-order valence-electron chi connectivity index (χ2n) is 30.5. The van der Waals surface area contributed by atoms with E-state index in [-0.39, 0.29) is 101 Å². The minimum absolute atomic E-state index is 0.00253. The summed E-state index contributed by atoms with van der Waals surface area (Å²) in [5.41, 5.74) is -1.57. The van der Waals surface area contributed by atoms with Gasteiger partial charge in [0.2, 0.25) is 70.9 Å². The molecule has 3 saturated heterocycles. The molecule has 28 heteroatoms. The number of carbonyl (C=O) groups is 12. The van der Waals surface area contributed by atoms with Gasteiger partial charge in [0.05, 0.1) is 18.9 Å². The normalized spacial score (nSPS) is 31.7. The van der Waals surface area contributed by atoms with E-state index in [0.717, 1.165) is 30.6 Å². The number of fused-ring (bicyclic) bond motifs is 2. The maximum absolute atomic E-state index is 15.3. The largest absolute Gasteiger partial charge is 0.393 e. The average Bonchev–Trinajstić information content (AvgIpc) is 1.36. The van der Waals surface area contributed by atoms with E-state index in [2.05, 4.69) is 22.9 Å². The van der Waals surface area contributed by atoms with Crippen LogP contribution < -0.4 is 16.0 Å². The van der Waals surface area contributed by atoms with Crippen molar-refractivity contribution in [3.05, 3.63) is 0 Å². The predicted octanol–water partition coefficient (Wildman–Crippen LogP) is 5.41. The third kappa shape index (κ3) is 19.0. The van der Waals surface area contributed by atoms with Crippen molar-refractivity contribution in [1.82, 2.24) is 60.0 Å². The van der Waals surface area contributed by atoms with Crippen LogP contribution in [-0.4, -0.2) is 262 Å². The van der Waals surface area contributed by atoms with Crippen molar-refractivity contribution in [1.29, 1.82) is 0 Å². The lowest BCUT2D eigenvalue weighted by Gasteiger charge is -2.45. The molecule has 6 aliphatic rings. The van der Waals surface area contributed by atoms with Crippen molar-refractivity contribution < 1.29 is 70.7 Å². The fourth-order valence-electron chi connectivity index (χ4n) is 15.6. The first-order valence-electron chi connectivity index (χ1n) is 35.8. The van der Waals surface area contributed by atoms with E-state index in [1.807, 2.05) is 20.8 Å². The minimum Gasteiger partial charge on any atom is -0.347 e. The molecule has 6 rings (SSSR count). The number of halogens is 4. The molecular formula is C70H114ClF3N12O12. The van der Waals surface area contributed by atoms with Crippen LogP contribution in [0.1, 0.15) is 184 Å². The number of rotatable bonds is 11. The summed E-state index contributed by atoms with van der Waals surface area (Å²) in [6.07, 6.45) is 1.13. The van der Waals surface area contributed by atoms with E-state index in [1.54, 1.807) is 20.8 Å². The third-order valence-corrected chi connectivity index (χ3v) is 22.9. The molecule has 3 heterocycles. The minimum atomic E-state index is -4.51. The zero-order chi connectivity index (χ0) is 73.3. The molecule has 0 radical (unpaired) electrons. The quantitative estimate of drug-likeness (QED) is 0.219. The maximum atomic E-state index is 15.3. The first kappa shape index (κ1) is 80.7. The number of hydrogen-bond acceptors (Lipinski definition) is 12. The number of nitrogens with zero attached hydrogens (tertiary/aromatic N) is 9. The predicted molar refractivity (Wildman–Crippen MR) is 363 cm³/mol. The number of nitrogens with one attached hydrogen (secondary N) is 3. The van der Waals surface area contributed by atoms with E-state index >= 15 is 19.2 Å². The molecule has 24 nitrogen and oxygen atoms in total. The fraction of sp³-hybridized carbons (Fsp3) is 0.829. The van der Waals surface area contributed by atoms with E-state index in [1.165, 1.54) is 103 Å². The van der Waals surface area contributed by atoms with Crippen molar-refractivity contribution >= 4 is 82.5 Å². The molecule has 3 aliphatic carbocycles. The highest BCUT2D eigenvalue weighted by Crippen LogP contribution is 2.44. The molecule has 6 fully saturated rings. The summed E-state index contributed by atoms with van der Waals surface area (Å²) in [5, 5.41) is 7.55. The molecule has 554 valence electrons. The van der Waals surface area contributed by atoms with Gasteiger partial charge in [0.15, 0.2) is 0 Å². The van der Waals surface area contributed by atoms with Crippen molar-refractivity contribution in [2.24, 2.45) is 41.4 Å². The van der Waals surface area contributed by atoms with E-state index < -0.39 is 173 Å². The SMILES string of the molecule is CC[C@H](C)[C@@H]1NC(=O)[C@H](CC(C)C)N(C)C(=O)C[C@@H](C(=O)N(C)C)N(C)C(=O)[C@H](C(C)C)N(C)C(=O)C2(CCCC2)NC(=O)[C@@H]2CCCN2C(=O)[C@H](CCC2CCC(C(F)(F)F)C(Cl)C2)NC(=O)CN(C)C(=O)[C@H](CC2CCC(C)CC2)N(C)C(=O)[C@@H]2CCN2C(=O)[C@H](C)N(C)C1=O. The summed E-state index contributed by atoms with van der Waals surface area (Å²) >= 11 is 6.40. The molecule has 0 aromatic rings. The Morgan fingerprint density at radius 1 is 0.643 bits per heavy atom. The van der Waals surface area contributed by atoms with Gasteiger partial charge in [0.25, 0.3) is 0 Å². The Morgan fingerprint density at radius 2 is 1.26 bits per heavy atom. The summed E-state index contributed by atoms with van der Waals surface area (Å²) in [4.78, 5) is 190. The number of carbonyl (C=O) groups excluding carboxylic acids is 12. The molecule has 3 unspecified atom stereocenters. The summed E-state index contributed by atoms with van der Waals surface area (Å²) in [5.74, 6) is -10.6. The molecule has 98 heavy (non-hydrogen) atoms. The van der Waals surface area contributed by atoms with E-state index in [4.69, 9.17) is 11.6 Å². The zero-order valence-corrected chi connectivity index (χ0v) is 61.8. The van der Waals surface area contributed by atoms with Gasteiger partial charge in [-0.2, -0.15) is 13.2 Å². The van der Waals surface area contributed by atoms with Crippen LogP contribution in [0.15, 0.2) is 0 Å². The van der Waals surface area contributed by atoms with Gasteiger partial charge in [-0.3, -0.25) is 57.5 Å². The van der Waals surface area contributed by atoms with Gasteiger partial charge in [-0.15, -0.1) is 11.6 Å². The van der Waals surface area contributed by atoms with Crippen LogP contribution in [0.5, 0.6) is 0 Å². The van der Waals surface area contributed by atoms with Gasteiger partial charge in [0, 0.05) is 74.8 Å². The van der Waals surface area contributed by atoms with Crippen LogP contribution in [0.4, 0.5) is 13.2 Å². The standard InChI is InChI=1S/C70H114ClF3N12O12/c1-17-43(7)57-66(96)80(12)44(8)61(91)86-34-30-51(86)65(95)82(14)53(37-46-24-22-42(6)23-25-46)64(94)79(11)39-55(87)75-49(29-27-45-26-28-47(48(71)36-45)70(72,73)74)62(92)85-33-20-21-50(85)60(90)77-69(31-18-19-32-69)68(98)84(16)58(41(4)5)67(97)83(15)54(63(93)78(9)10)38-56(88)81(13)52(35-40(2)3)59(89)76-57/h40-54,57-58H,17-39H2,1-16H3,(H,75,87)(H,76,89)(H,77,90)/t42?,43-,44-,45?,46?,47?,48?,49-,50-,51-,52-,53-,54-,57-,58-/m0/s1. The lowest BCUT2D eigenvalue weighted by atomic mass is 9.78. The number of amides is 12. The molecule has 3 aliphatic heterocycles. The summed E-state index contributed by atoms with van der Waals surface area (Å²) in [6.45, 7) is 14.0. The first-order valence-corrected chi connectivity index (χ1v) is 36.2. The third-order valence-electron chi connectivity index (χ3n) is 22.5. The van der Waals surface area contributed by atoms with Crippen LogP contribution in [0.2, 0.25) is 0 Å². The van der Waals surface area contributed by atoms with Gasteiger partial charge in [-0.25, -0.2) is 0 Å². The smallest absolute Gasteiger partial charge is 0.347 e. The molecule has 1 spiro atoms. The maximum Gasteiger partial charge on any atom is 0.393 e. The van der Waals surface area contributed by atoms with Crippen LogP contribution in [-0.2, 0) is 57.5 Å². The summed E-state index contributed by atoms with van der Waals surface area (Å²) in [7, 11) is 11.5. The van der Waals surface area contributed by atoms with Crippen LogP contribution >= 0.6 is 11.6 Å². The molecule has 12 amide bonds. The lowest BCUT2D eigenvalue weighted by molar-refractivity contribution is -0.182. The second kappa shape index (κ2) is 34.4. The summed E-state index contributed by atoms with van der Waals surface area (Å²) in [6, 6.07) is -10.9. The van der Waals surface area contributed by atoms with Crippen LogP contribution in [0, 0.1) is 41.4 Å². The molecule has 0 bridgehead atoms. The van der Waals surface area contributed by atoms with E-state index in [0.29, 0.717) is 31.6 Å². The van der Waals surface area contributed by atoms with Crippen LogP contribution in [0.25, 0.3) is 0 Å². The molecule has 3 saturated carbocycles. The first-order chi connectivity index (χ1) is 45.8. The topological polar surface area (TPSA) is 270 Å². The Hall–Kier alpha value is -6.28. The molecule has 0 aromatic heterocycles. The zero-order valence-electron chi connectivity index (χ0n) is 61.0. The van der Waals surface area contributed by atoms with Gasteiger partial charge in [-0.1, -0.05) is 93.4 Å². The van der Waals surface area contributed by atoms with Crippen molar-refractivity contribution in [2.75, 3.05) is 76.0 Å². The molecule has 0 aromatic carbocycles. The number of likely N-dealkylation sites (N-methyl/N-ethyl adjacent to an activating group) is 7. The Kier molecular flexibility index (Phi) is 28.3. The van der Waals surface area contributed by atoms with Gasteiger partial charge in [0.1, 0.15) is 59.9 Å². The molecular weight excluding hydrogens is 1290 g/mol. The average molecular weight is 1410 g/mol. The Bertz CT molecular complexity index is 2890. The van der Waals surface area contributed by atoms with Crippen molar-refractivity contribution in [3.8, 4) is 0 Å². The van der Waals surface area contributed by atoms with Crippen LogP contribution in [0.3, 0.4) is 0 Å². The fourth-order valence-corrected chi connectivity index (χ4v) is 16.1. The van der Waals surface area contributed by atoms with Gasteiger partial charge < -0.3 is 60.0 Å². The van der Waals surface area contributed by atoms with Gasteiger partial charge in [-0.05, 0) is 119 Å². The molecule has 13 atom stereocenters. The monoisotopic (exact) mass is 1410 g/mol. The van der Waals surface area contributed by atoms with E-state index in [9.17, 15) is 51.5 Å². The van der Waals surface area contributed by atoms with Crippen molar-refractivity contribution in [2.45, 2.75) is 255 Å². The van der Waals surface area contributed by atoms with Crippen molar-refractivity contribution in [3.63, 3.8) is 0 Å². The second-order valence-corrected chi connectivity index (χ2v) is 31.1. The van der Waals surface area contributed by atoms with Gasteiger partial charge >= 0.3 is 6.18 Å². The Labute approximate surface area is 583 Å². The highest BCUT2D eigenvalue weighted by molar-refractivity contribution is 6.21. The lowest BCUT2D eigenvalue weighted by Crippen LogP contribution is -2.65. The number of hydrogen-bond donors (Lipinski definition) is 3. The Morgan fingerprint density at radius 3 is 1.81 bits per heavy atom. The number of alkyl halides is 4.